The zero-order valence-electron chi connectivity index (χ0n) is 15.4. The number of nitro groups is 1. The topological polar surface area (TPSA) is 87.9 Å². The highest BCUT2D eigenvalue weighted by Gasteiger charge is 2.20. The number of nitrogens with zero attached hydrogens (tertiary/aromatic N) is 1. The van der Waals surface area contributed by atoms with Crippen LogP contribution in [0.15, 0.2) is 24.3 Å². The summed E-state index contributed by atoms with van der Waals surface area (Å²) in [5.41, 5.74) is 3.32. The van der Waals surface area contributed by atoms with Crippen LogP contribution in [0.3, 0.4) is 0 Å². The highest BCUT2D eigenvalue weighted by atomic mass is 16.6. The molecule has 0 aliphatic heterocycles. The molecule has 0 unspecified atom stereocenters. The molecule has 0 N–H and O–H groups in total. The first-order valence-corrected chi connectivity index (χ1v) is 7.94. The van der Waals surface area contributed by atoms with Gasteiger partial charge in [0.25, 0.3) is 5.69 Å². The second kappa shape index (κ2) is 7.86. The average molecular weight is 359 g/mol. The van der Waals surface area contributed by atoms with Crippen LogP contribution in [-0.2, 0) is 11.3 Å². The quantitative estimate of drug-likeness (QED) is 0.442. The van der Waals surface area contributed by atoms with Gasteiger partial charge in [0, 0.05) is 23.3 Å². The summed E-state index contributed by atoms with van der Waals surface area (Å²) in [5, 5.41) is 10.8. The third kappa shape index (κ3) is 3.61. The number of ether oxygens (including phenoxy) is 3. The van der Waals surface area contributed by atoms with Gasteiger partial charge in [-0.3, -0.25) is 10.1 Å². The van der Waals surface area contributed by atoms with E-state index in [1.807, 2.05) is 20.8 Å². The van der Waals surface area contributed by atoms with Gasteiger partial charge in [-0.25, -0.2) is 4.79 Å². The molecule has 0 fully saturated rings. The smallest absolute Gasteiger partial charge is 0.338 e. The number of nitro benzene ring substituents is 1. The van der Waals surface area contributed by atoms with Crippen LogP contribution >= 0.6 is 0 Å². The standard InChI is InChI=1S/C19H21NO6/c1-11-12(2)18(25-5)16(13(3)17(11)24-4)10-26-19(21)14-7-6-8-15(9-14)20(22)23/h6-9H,10H2,1-5H3. The summed E-state index contributed by atoms with van der Waals surface area (Å²) in [7, 11) is 3.14. The van der Waals surface area contributed by atoms with E-state index in [2.05, 4.69) is 0 Å². The van der Waals surface area contributed by atoms with Crippen LogP contribution < -0.4 is 9.47 Å². The van der Waals surface area contributed by atoms with E-state index in [0.29, 0.717) is 17.1 Å². The lowest BCUT2D eigenvalue weighted by Gasteiger charge is -2.20. The van der Waals surface area contributed by atoms with Crippen molar-refractivity contribution in [3.05, 3.63) is 62.2 Å². The van der Waals surface area contributed by atoms with Gasteiger partial charge in [-0.2, -0.15) is 0 Å². The maximum Gasteiger partial charge on any atom is 0.338 e. The second-order valence-corrected chi connectivity index (χ2v) is 5.80. The first-order chi connectivity index (χ1) is 12.3. The summed E-state index contributed by atoms with van der Waals surface area (Å²) in [4.78, 5) is 22.6. The van der Waals surface area contributed by atoms with E-state index in [1.165, 1.54) is 24.3 Å². The van der Waals surface area contributed by atoms with Crippen molar-refractivity contribution in [1.29, 1.82) is 0 Å². The Morgan fingerprint density at radius 3 is 2.23 bits per heavy atom. The minimum Gasteiger partial charge on any atom is -0.496 e. The molecule has 0 bridgehead atoms. The summed E-state index contributed by atoms with van der Waals surface area (Å²) < 4.78 is 16.3. The Kier molecular flexibility index (Phi) is 5.82. The molecule has 0 saturated heterocycles. The van der Waals surface area contributed by atoms with Crippen molar-refractivity contribution in [2.75, 3.05) is 14.2 Å². The number of methoxy groups -OCH3 is 2. The summed E-state index contributed by atoms with van der Waals surface area (Å²) in [6.07, 6.45) is 0. The molecular formula is C19H21NO6. The first kappa shape index (κ1) is 19.2. The van der Waals surface area contributed by atoms with Crippen molar-refractivity contribution in [2.24, 2.45) is 0 Å². The third-order valence-corrected chi connectivity index (χ3v) is 4.36. The Balaban J connectivity index is 2.32. The zero-order valence-corrected chi connectivity index (χ0v) is 15.4. The number of non-ortho nitro benzene ring substituents is 1. The molecule has 138 valence electrons. The fourth-order valence-electron chi connectivity index (χ4n) is 2.88. The lowest BCUT2D eigenvalue weighted by atomic mass is 9.97. The molecule has 2 aromatic rings. The summed E-state index contributed by atoms with van der Waals surface area (Å²) in [6, 6.07) is 5.42. The average Bonchev–Trinajstić information content (AvgIpc) is 2.63. The number of rotatable bonds is 6. The Hall–Kier alpha value is -3.09. The number of hydrogen-bond acceptors (Lipinski definition) is 6. The van der Waals surface area contributed by atoms with Crippen LogP contribution in [0.4, 0.5) is 5.69 Å². The van der Waals surface area contributed by atoms with Crippen LogP contribution in [-0.4, -0.2) is 25.1 Å². The van der Waals surface area contributed by atoms with Gasteiger partial charge in [0.2, 0.25) is 0 Å². The van der Waals surface area contributed by atoms with Crippen LogP contribution in [0, 0.1) is 30.9 Å². The lowest BCUT2D eigenvalue weighted by molar-refractivity contribution is -0.384. The van der Waals surface area contributed by atoms with Crippen LogP contribution in [0.25, 0.3) is 0 Å². The molecule has 0 radical (unpaired) electrons. The molecule has 0 aromatic heterocycles. The molecule has 26 heavy (non-hydrogen) atoms. The van der Waals surface area contributed by atoms with Gasteiger partial charge in [0.05, 0.1) is 24.7 Å². The highest BCUT2D eigenvalue weighted by molar-refractivity contribution is 5.90. The lowest BCUT2D eigenvalue weighted by Crippen LogP contribution is -2.09. The number of benzene rings is 2. The number of carbonyl (C=O) groups excluding carboxylic acids is 1. The molecule has 2 aromatic carbocycles. The van der Waals surface area contributed by atoms with Gasteiger partial charge in [-0.05, 0) is 38.0 Å². The first-order valence-electron chi connectivity index (χ1n) is 7.94. The number of esters is 1. The van der Waals surface area contributed by atoms with Gasteiger partial charge in [0.15, 0.2) is 0 Å². The van der Waals surface area contributed by atoms with Gasteiger partial charge in [0.1, 0.15) is 18.1 Å². The molecule has 0 spiro atoms. The molecular weight excluding hydrogens is 338 g/mol. The predicted molar refractivity (Wildman–Crippen MR) is 96.0 cm³/mol. The molecule has 0 aliphatic rings. The normalized spacial score (nSPS) is 10.3. The van der Waals surface area contributed by atoms with Crippen LogP contribution in [0.1, 0.15) is 32.6 Å². The van der Waals surface area contributed by atoms with Crippen molar-refractivity contribution in [3.63, 3.8) is 0 Å². The van der Waals surface area contributed by atoms with E-state index in [4.69, 9.17) is 14.2 Å². The van der Waals surface area contributed by atoms with E-state index in [-0.39, 0.29) is 17.9 Å². The van der Waals surface area contributed by atoms with Crippen molar-refractivity contribution < 1.29 is 23.9 Å². The molecule has 7 heteroatoms. The van der Waals surface area contributed by atoms with Gasteiger partial charge >= 0.3 is 5.97 Å². The van der Waals surface area contributed by atoms with Crippen LogP contribution in [0.5, 0.6) is 11.5 Å². The minimum atomic E-state index is -0.646. The maximum absolute atomic E-state index is 12.3. The van der Waals surface area contributed by atoms with E-state index < -0.39 is 10.9 Å². The highest BCUT2D eigenvalue weighted by Crippen LogP contribution is 2.38. The summed E-state index contributed by atoms with van der Waals surface area (Å²) in [6.45, 7) is 5.67. The van der Waals surface area contributed by atoms with Crippen LogP contribution in [0.2, 0.25) is 0 Å². The molecule has 7 nitrogen and oxygen atoms in total. The van der Waals surface area contributed by atoms with Crippen molar-refractivity contribution in [3.8, 4) is 11.5 Å². The number of hydrogen-bond donors (Lipinski definition) is 0. The van der Waals surface area contributed by atoms with Crippen molar-refractivity contribution in [1.82, 2.24) is 0 Å². The number of carbonyl (C=O) groups is 1. The molecule has 0 aliphatic carbocycles. The van der Waals surface area contributed by atoms with E-state index in [1.54, 1.807) is 14.2 Å². The third-order valence-electron chi connectivity index (χ3n) is 4.36. The Bertz CT molecular complexity index is 860. The second-order valence-electron chi connectivity index (χ2n) is 5.80. The van der Waals surface area contributed by atoms with E-state index in [0.717, 1.165) is 16.7 Å². The Morgan fingerprint density at radius 1 is 1.04 bits per heavy atom. The Labute approximate surface area is 151 Å². The summed E-state index contributed by atoms with van der Waals surface area (Å²) >= 11 is 0. The molecule has 0 saturated carbocycles. The van der Waals surface area contributed by atoms with E-state index in [9.17, 15) is 14.9 Å². The monoisotopic (exact) mass is 359 g/mol. The largest absolute Gasteiger partial charge is 0.496 e. The molecule has 0 atom stereocenters. The van der Waals surface area contributed by atoms with Crippen molar-refractivity contribution in [2.45, 2.75) is 27.4 Å². The fraction of sp³-hybridized carbons (Fsp3) is 0.316. The predicted octanol–water partition coefficient (Wildman–Crippen LogP) is 3.89. The molecule has 2 rings (SSSR count). The van der Waals surface area contributed by atoms with Crippen molar-refractivity contribution >= 4 is 11.7 Å². The fourth-order valence-corrected chi connectivity index (χ4v) is 2.88. The minimum absolute atomic E-state index is 0.0337. The van der Waals surface area contributed by atoms with Gasteiger partial charge in [-0.15, -0.1) is 0 Å². The Morgan fingerprint density at radius 2 is 1.65 bits per heavy atom. The van der Waals surface area contributed by atoms with Gasteiger partial charge < -0.3 is 14.2 Å². The maximum atomic E-state index is 12.3. The zero-order chi connectivity index (χ0) is 19.4. The molecule has 0 amide bonds. The SMILES string of the molecule is COc1c(C)c(C)c(OC)c(COC(=O)c2cccc([N+](=O)[O-])c2)c1C. The van der Waals surface area contributed by atoms with E-state index >= 15 is 0 Å². The summed E-state index contributed by atoms with van der Waals surface area (Å²) in [5.74, 6) is 0.699. The molecule has 0 heterocycles. The van der Waals surface area contributed by atoms with Gasteiger partial charge in [-0.1, -0.05) is 6.07 Å².